The van der Waals surface area contributed by atoms with Crippen LogP contribution in [0.5, 0.6) is 0 Å². The lowest BCUT2D eigenvalue weighted by Gasteiger charge is -2.22. The highest BCUT2D eigenvalue weighted by Gasteiger charge is 2.10. The van der Waals surface area contributed by atoms with Gasteiger partial charge in [-0.25, -0.2) is 4.39 Å². The molecule has 6 heteroatoms. The summed E-state index contributed by atoms with van der Waals surface area (Å²) in [7, 11) is 0. The first kappa shape index (κ1) is 18.9. The zero-order valence-electron chi connectivity index (χ0n) is 14.6. The van der Waals surface area contributed by atoms with E-state index in [-0.39, 0.29) is 10.7 Å². The van der Waals surface area contributed by atoms with Crippen molar-refractivity contribution in [3.8, 4) is 0 Å². The predicted octanol–water partition coefficient (Wildman–Crippen LogP) is 4.11. The van der Waals surface area contributed by atoms with E-state index in [9.17, 15) is 9.18 Å². The average Bonchev–Trinajstić information content (AvgIpc) is 2.58. The van der Waals surface area contributed by atoms with Gasteiger partial charge in [-0.2, -0.15) is 0 Å². The molecule has 132 valence electrons. The Labute approximate surface area is 153 Å². The summed E-state index contributed by atoms with van der Waals surface area (Å²) in [4.78, 5) is 14.3. The standard InChI is InChI=1S/C19H22FN3OS/c1-4-23(5-2)16-9-10-17(13(3)11-16)21-19(25)22-18(24)14-7-6-8-15(20)12-14/h6-12H,4-5H2,1-3H3,(H2,21,22,24,25). The Morgan fingerprint density at radius 2 is 1.88 bits per heavy atom. The van der Waals surface area contributed by atoms with Crippen LogP contribution in [0.3, 0.4) is 0 Å². The fourth-order valence-corrected chi connectivity index (χ4v) is 2.73. The van der Waals surface area contributed by atoms with Gasteiger partial charge in [-0.05, 0) is 75.0 Å². The van der Waals surface area contributed by atoms with Gasteiger partial charge in [-0.3, -0.25) is 10.1 Å². The van der Waals surface area contributed by atoms with Crippen molar-refractivity contribution in [1.82, 2.24) is 5.32 Å². The van der Waals surface area contributed by atoms with Gasteiger partial charge >= 0.3 is 0 Å². The van der Waals surface area contributed by atoms with Crippen LogP contribution < -0.4 is 15.5 Å². The minimum absolute atomic E-state index is 0.174. The number of anilines is 2. The van der Waals surface area contributed by atoms with Crippen molar-refractivity contribution in [1.29, 1.82) is 0 Å². The number of nitrogens with zero attached hydrogens (tertiary/aromatic N) is 1. The maximum absolute atomic E-state index is 13.2. The monoisotopic (exact) mass is 359 g/mol. The highest BCUT2D eigenvalue weighted by molar-refractivity contribution is 7.80. The van der Waals surface area contributed by atoms with Gasteiger partial charge in [0.05, 0.1) is 0 Å². The second kappa shape index (κ2) is 8.58. The van der Waals surface area contributed by atoms with Crippen molar-refractivity contribution in [2.75, 3.05) is 23.3 Å². The minimum atomic E-state index is -0.464. The van der Waals surface area contributed by atoms with Crippen molar-refractivity contribution in [3.05, 3.63) is 59.4 Å². The van der Waals surface area contributed by atoms with Crippen LogP contribution in [0.2, 0.25) is 0 Å². The molecule has 0 heterocycles. The quantitative estimate of drug-likeness (QED) is 0.789. The van der Waals surface area contributed by atoms with Crippen LogP contribution in [-0.2, 0) is 0 Å². The second-order valence-corrected chi connectivity index (χ2v) is 6.00. The van der Waals surface area contributed by atoms with Crippen molar-refractivity contribution in [2.24, 2.45) is 0 Å². The Bertz CT molecular complexity index is 775. The Morgan fingerprint density at radius 3 is 2.48 bits per heavy atom. The van der Waals surface area contributed by atoms with Crippen molar-refractivity contribution in [3.63, 3.8) is 0 Å². The molecule has 0 fully saturated rings. The molecule has 1 amide bonds. The number of hydrogen-bond donors (Lipinski definition) is 2. The van der Waals surface area contributed by atoms with E-state index in [0.29, 0.717) is 0 Å². The summed E-state index contributed by atoms with van der Waals surface area (Å²) in [6.45, 7) is 8.08. The van der Waals surface area contributed by atoms with E-state index in [1.165, 1.54) is 24.3 Å². The van der Waals surface area contributed by atoms with E-state index in [0.717, 1.165) is 30.0 Å². The zero-order valence-corrected chi connectivity index (χ0v) is 15.4. The number of thiocarbonyl (C=S) groups is 1. The molecule has 2 aromatic carbocycles. The van der Waals surface area contributed by atoms with Gasteiger partial charge in [-0.15, -0.1) is 0 Å². The van der Waals surface area contributed by atoms with Crippen LogP contribution >= 0.6 is 12.2 Å². The fourth-order valence-electron chi connectivity index (χ4n) is 2.53. The van der Waals surface area contributed by atoms with Gasteiger partial charge in [0.1, 0.15) is 5.82 Å². The number of amides is 1. The zero-order chi connectivity index (χ0) is 18.4. The molecule has 0 saturated heterocycles. The first-order valence-corrected chi connectivity index (χ1v) is 8.59. The van der Waals surface area contributed by atoms with E-state index in [1.807, 2.05) is 19.1 Å². The summed E-state index contributed by atoms with van der Waals surface area (Å²) in [6, 6.07) is 11.5. The van der Waals surface area contributed by atoms with E-state index in [1.54, 1.807) is 0 Å². The molecule has 0 radical (unpaired) electrons. The topological polar surface area (TPSA) is 44.4 Å². The molecule has 2 aromatic rings. The van der Waals surface area contributed by atoms with E-state index in [2.05, 4.69) is 35.4 Å². The molecule has 2 rings (SSSR count). The third-order valence-electron chi connectivity index (χ3n) is 3.90. The molecule has 0 aliphatic carbocycles. The van der Waals surface area contributed by atoms with Gasteiger partial charge in [0.25, 0.3) is 5.91 Å². The molecule has 0 spiro atoms. The lowest BCUT2D eigenvalue weighted by atomic mass is 10.1. The van der Waals surface area contributed by atoms with Crippen LogP contribution in [0.15, 0.2) is 42.5 Å². The number of nitrogens with one attached hydrogen (secondary N) is 2. The molecule has 0 unspecified atom stereocenters. The van der Waals surface area contributed by atoms with Gasteiger partial charge in [0.2, 0.25) is 0 Å². The fraction of sp³-hybridized carbons (Fsp3) is 0.263. The van der Waals surface area contributed by atoms with Crippen LogP contribution in [0, 0.1) is 12.7 Å². The maximum atomic E-state index is 13.2. The largest absolute Gasteiger partial charge is 0.372 e. The van der Waals surface area contributed by atoms with Gasteiger partial charge in [0, 0.05) is 30.0 Å². The predicted molar refractivity (Wildman–Crippen MR) is 105 cm³/mol. The minimum Gasteiger partial charge on any atom is -0.372 e. The lowest BCUT2D eigenvalue weighted by Crippen LogP contribution is -2.34. The van der Waals surface area contributed by atoms with Crippen LogP contribution in [-0.4, -0.2) is 24.1 Å². The second-order valence-electron chi connectivity index (χ2n) is 5.59. The van der Waals surface area contributed by atoms with Crippen molar-refractivity contribution < 1.29 is 9.18 Å². The van der Waals surface area contributed by atoms with Gasteiger partial charge in [0.15, 0.2) is 5.11 Å². The Kier molecular flexibility index (Phi) is 6.47. The number of halogens is 1. The number of hydrogen-bond acceptors (Lipinski definition) is 3. The van der Waals surface area contributed by atoms with Crippen LogP contribution in [0.1, 0.15) is 29.8 Å². The molecule has 4 nitrogen and oxygen atoms in total. The number of carbonyl (C=O) groups is 1. The molecule has 0 saturated carbocycles. The normalized spacial score (nSPS) is 10.2. The third-order valence-corrected chi connectivity index (χ3v) is 4.10. The lowest BCUT2D eigenvalue weighted by molar-refractivity contribution is 0.0977. The van der Waals surface area contributed by atoms with E-state index >= 15 is 0 Å². The Morgan fingerprint density at radius 1 is 1.16 bits per heavy atom. The number of rotatable bonds is 5. The highest BCUT2D eigenvalue weighted by atomic mass is 32.1. The summed E-state index contributed by atoms with van der Waals surface area (Å²) in [6.07, 6.45) is 0. The van der Waals surface area contributed by atoms with E-state index in [4.69, 9.17) is 12.2 Å². The molecule has 2 N–H and O–H groups in total. The van der Waals surface area contributed by atoms with Gasteiger partial charge in [-0.1, -0.05) is 6.07 Å². The molecular formula is C19H22FN3OS. The number of aryl methyl sites for hydroxylation is 1. The Hall–Kier alpha value is -2.47. The summed E-state index contributed by atoms with van der Waals surface area (Å²) in [5.41, 5.74) is 3.20. The van der Waals surface area contributed by atoms with Gasteiger partial charge < -0.3 is 10.2 Å². The summed E-state index contributed by atoms with van der Waals surface area (Å²) in [5, 5.41) is 5.75. The molecular weight excluding hydrogens is 337 g/mol. The molecule has 0 aliphatic rings. The van der Waals surface area contributed by atoms with E-state index < -0.39 is 11.7 Å². The molecule has 0 aliphatic heterocycles. The van der Waals surface area contributed by atoms with Crippen LogP contribution in [0.25, 0.3) is 0 Å². The van der Waals surface area contributed by atoms with Crippen molar-refractivity contribution >= 4 is 34.6 Å². The SMILES string of the molecule is CCN(CC)c1ccc(NC(=S)NC(=O)c2cccc(F)c2)c(C)c1. The molecule has 0 atom stereocenters. The first-order valence-electron chi connectivity index (χ1n) is 8.18. The number of carbonyl (C=O) groups excluding carboxylic acids is 1. The maximum Gasteiger partial charge on any atom is 0.257 e. The number of benzene rings is 2. The summed E-state index contributed by atoms with van der Waals surface area (Å²) >= 11 is 5.19. The van der Waals surface area contributed by atoms with Crippen molar-refractivity contribution in [2.45, 2.75) is 20.8 Å². The third kappa shape index (κ3) is 5.00. The smallest absolute Gasteiger partial charge is 0.257 e. The average molecular weight is 359 g/mol. The molecule has 0 bridgehead atoms. The summed E-state index contributed by atoms with van der Waals surface area (Å²) in [5.74, 6) is -0.913. The molecule has 0 aromatic heterocycles. The summed E-state index contributed by atoms with van der Waals surface area (Å²) < 4.78 is 13.2. The first-order chi connectivity index (χ1) is 11.9. The highest BCUT2D eigenvalue weighted by Crippen LogP contribution is 2.22. The Balaban J connectivity index is 2.04. The molecule has 25 heavy (non-hydrogen) atoms. The van der Waals surface area contributed by atoms with Crippen LogP contribution in [0.4, 0.5) is 15.8 Å².